The van der Waals surface area contributed by atoms with Crippen molar-refractivity contribution in [2.24, 2.45) is 5.41 Å². The van der Waals surface area contributed by atoms with Crippen LogP contribution >= 0.6 is 15.9 Å². The van der Waals surface area contributed by atoms with Crippen molar-refractivity contribution in [3.63, 3.8) is 0 Å². The minimum Gasteiger partial charge on any atom is -0.481 e. The lowest BCUT2D eigenvalue weighted by Gasteiger charge is -2.38. The summed E-state index contributed by atoms with van der Waals surface area (Å²) in [5, 5.41) is 14.7. The first-order valence-electron chi connectivity index (χ1n) is 6.56. The molecule has 0 unspecified atom stereocenters. The molecule has 0 spiro atoms. The number of nitrogens with one attached hydrogen (secondary N) is 2. The lowest BCUT2D eigenvalue weighted by atomic mass is 9.74. The standard InChI is InChI=1S/C15H21BrN2O3/c1-9-8-10(6-7-11(9)16)17-13(21)18-15(4,5)14(2,3)12(19)20/h6-8H,1-5H3,(H,19,20)(H2,17,18,21). The van der Waals surface area contributed by atoms with Crippen LogP contribution in [0.25, 0.3) is 0 Å². The van der Waals surface area contributed by atoms with Gasteiger partial charge in [0.1, 0.15) is 0 Å². The summed E-state index contributed by atoms with van der Waals surface area (Å²) in [6, 6.07) is 5.01. The molecule has 0 saturated heterocycles. The molecule has 0 fully saturated rings. The highest BCUT2D eigenvalue weighted by Crippen LogP contribution is 2.30. The van der Waals surface area contributed by atoms with Crippen LogP contribution in [0.5, 0.6) is 0 Å². The highest BCUT2D eigenvalue weighted by atomic mass is 79.9. The molecular formula is C15H21BrN2O3. The molecule has 116 valence electrons. The van der Waals surface area contributed by atoms with Gasteiger partial charge in [-0.15, -0.1) is 0 Å². The first kappa shape index (κ1) is 17.5. The summed E-state index contributed by atoms with van der Waals surface area (Å²) in [6.07, 6.45) is 0. The average molecular weight is 357 g/mol. The van der Waals surface area contributed by atoms with E-state index in [1.807, 2.05) is 19.1 Å². The fourth-order valence-electron chi connectivity index (χ4n) is 1.59. The van der Waals surface area contributed by atoms with E-state index in [9.17, 15) is 14.7 Å². The molecule has 0 aliphatic carbocycles. The van der Waals surface area contributed by atoms with Gasteiger partial charge >= 0.3 is 12.0 Å². The molecule has 6 heteroatoms. The summed E-state index contributed by atoms with van der Waals surface area (Å²) in [6.45, 7) is 8.46. The number of anilines is 1. The molecule has 0 saturated carbocycles. The van der Waals surface area contributed by atoms with Crippen molar-refractivity contribution in [3.8, 4) is 0 Å². The van der Waals surface area contributed by atoms with Gasteiger partial charge in [-0.25, -0.2) is 4.79 Å². The molecular weight excluding hydrogens is 336 g/mol. The second-order valence-corrected chi connectivity index (χ2v) is 6.95. The van der Waals surface area contributed by atoms with E-state index in [1.54, 1.807) is 33.8 Å². The number of hydrogen-bond donors (Lipinski definition) is 3. The van der Waals surface area contributed by atoms with E-state index < -0.39 is 23.0 Å². The van der Waals surface area contributed by atoms with Gasteiger partial charge in [0, 0.05) is 10.2 Å². The van der Waals surface area contributed by atoms with Crippen LogP contribution in [0.15, 0.2) is 22.7 Å². The Labute approximate surface area is 133 Å². The number of halogens is 1. The number of carboxylic acid groups (broad SMARTS) is 1. The minimum atomic E-state index is -1.10. The topological polar surface area (TPSA) is 78.4 Å². The number of aliphatic carboxylic acids is 1. The maximum absolute atomic E-state index is 12.1. The Morgan fingerprint density at radius 1 is 1.19 bits per heavy atom. The molecule has 0 aromatic heterocycles. The van der Waals surface area contributed by atoms with Gasteiger partial charge in [0.15, 0.2) is 0 Å². The van der Waals surface area contributed by atoms with Gasteiger partial charge in [0.05, 0.1) is 11.0 Å². The minimum absolute atomic E-state index is 0.434. The second-order valence-electron chi connectivity index (χ2n) is 6.10. The number of benzene rings is 1. The van der Waals surface area contributed by atoms with Crippen molar-refractivity contribution < 1.29 is 14.7 Å². The van der Waals surface area contributed by atoms with Gasteiger partial charge in [-0.05, 0) is 58.4 Å². The zero-order valence-electron chi connectivity index (χ0n) is 12.9. The lowest BCUT2D eigenvalue weighted by Crippen LogP contribution is -2.57. The van der Waals surface area contributed by atoms with Crippen LogP contribution in [0.1, 0.15) is 33.3 Å². The first-order chi connectivity index (χ1) is 9.47. The zero-order chi connectivity index (χ0) is 16.4. The van der Waals surface area contributed by atoms with E-state index in [4.69, 9.17) is 0 Å². The third-order valence-corrected chi connectivity index (χ3v) is 4.83. The SMILES string of the molecule is Cc1cc(NC(=O)NC(C)(C)C(C)(C)C(=O)O)ccc1Br. The monoisotopic (exact) mass is 356 g/mol. The van der Waals surface area contributed by atoms with Gasteiger partial charge in [-0.3, -0.25) is 4.79 Å². The molecule has 0 atom stereocenters. The van der Waals surface area contributed by atoms with Crippen molar-refractivity contribution >= 4 is 33.6 Å². The fourth-order valence-corrected chi connectivity index (χ4v) is 1.84. The number of amides is 2. The van der Waals surface area contributed by atoms with E-state index in [2.05, 4.69) is 26.6 Å². The Balaban J connectivity index is 2.81. The van der Waals surface area contributed by atoms with E-state index in [0.29, 0.717) is 5.69 Å². The van der Waals surface area contributed by atoms with E-state index in [-0.39, 0.29) is 0 Å². The first-order valence-corrected chi connectivity index (χ1v) is 7.35. The Bertz CT molecular complexity index is 568. The number of rotatable bonds is 4. The molecule has 5 nitrogen and oxygen atoms in total. The van der Waals surface area contributed by atoms with E-state index in [1.165, 1.54) is 0 Å². The molecule has 0 aliphatic heterocycles. The largest absolute Gasteiger partial charge is 0.481 e. The summed E-state index contributed by atoms with van der Waals surface area (Å²) in [7, 11) is 0. The molecule has 0 heterocycles. The van der Waals surface area contributed by atoms with Gasteiger partial charge in [-0.2, -0.15) is 0 Å². The molecule has 1 aromatic rings. The van der Waals surface area contributed by atoms with Gasteiger partial charge < -0.3 is 15.7 Å². The average Bonchev–Trinajstić information content (AvgIpc) is 2.32. The zero-order valence-corrected chi connectivity index (χ0v) is 14.5. The quantitative estimate of drug-likeness (QED) is 0.768. The molecule has 1 rings (SSSR count). The Kier molecular flexibility index (Phi) is 5.04. The van der Waals surface area contributed by atoms with Crippen LogP contribution in [0.3, 0.4) is 0 Å². The predicted octanol–water partition coefficient (Wildman–Crippen LogP) is 3.77. The summed E-state index contributed by atoms with van der Waals surface area (Å²) in [4.78, 5) is 23.4. The third kappa shape index (κ3) is 3.97. The Morgan fingerprint density at radius 2 is 1.76 bits per heavy atom. The number of hydrogen-bond acceptors (Lipinski definition) is 2. The van der Waals surface area contributed by atoms with Crippen molar-refractivity contribution in [1.82, 2.24) is 5.32 Å². The van der Waals surface area contributed by atoms with Gasteiger partial charge in [-0.1, -0.05) is 15.9 Å². The molecule has 3 N–H and O–H groups in total. The molecule has 0 radical (unpaired) electrons. The number of urea groups is 1. The van der Waals surface area contributed by atoms with Gasteiger partial charge in [0.2, 0.25) is 0 Å². The summed E-state index contributed by atoms with van der Waals surface area (Å²) < 4.78 is 0.959. The highest BCUT2D eigenvalue weighted by Gasteiger charge is 2.44. The predicted molar refractivity (Wildman–Crippen MR) is 86.5 cm³/mol. The van der Waals surface area contributed by atoms with Crippen molar-refractivity contribution in [2.75, 3.05) is 5.32 Å². The number of carbonyl (C=O) groups is 2. The molecule has 21 heavy (non-hydrogen) atoms. The molecule has 0 bridgehead atoms. The van der Waals surface area contributed by atoms with E-state index in [0.717, 1.165) is 10.0 Å². The molecule has 0 aliphatic rings. The molecule has 1 aromatic carbocycles. The van der Waals surface area contributed by atoms with Crippen molar-refractivity contribution in [1.29, 1.82) is 0 Å². The third-order valence-electron chi connectivity index (χ3n) is 3.94. The summed E-state index contributed by atoms with van der Waals surface area (Å²) >= 11 is 3.39. The summed E-state index contributed by atoms with van der Waals surface area (Å²) in [5.41, 5.74) is -0.358. The second kappa shape index (κ2) is 6.05. The van der Waals surface area contributed by atoms with Crippen LogP contribution in [0.4, 0.5) is 10.5 Å². The maximum atomic E-state index is 12.1. The Hall–Kier alpha value is -1.56. The number of aryl methyl sites for hydroxylation is 1. The number of carboxylic acids is 1. The van der Waals surface area contributed by atoms with Gasteiger partial charge in [0.25, 0.3) is 0 Å². The van der Waals surface area contributed by atoms with Crippen LogP contribution in [0.2, 0.25) is 0 Å². The fraction of sp³-hybridized carbons (Fsp3) is 0.467. The van der Waals surface area contributed by atoms with Crippen LogP contribution in [-0.2, 0) is 4.79 Å². The van der Waals surface area contributed by atoms with Crippen molar-refractivity contribution in [3.05, 3.63) is 28.2 Å². The van der Waals surface area contributed by atoms with Crippen LogP contribution in [0, 0.1) is 12.3 Å². The molecule has 2 amide bonds. The van der Waals surface area contributed by atoms with E-state index >= 15 is 0 Å². The normalized spacial score (nSPS) is 11.9. The van der Waals surface area contributed by atoms with Crippen molar-refractivity contribution in [2.45, 2.75) is 40.2 Å². The Morgan fingerprint density at radius 3 is 2.24 bits per heavy atom. The van der Waals surface area contributed by atoms with Crippen LogP contribution < -0.4 is 10.6 Å². The smallest absolute Gasteiger partial charge is 0.319 e. The number of carbonyl (C=O) groups excluding carboxylic acids is 1. The lowest BCUT2D eigenvalue weighted by molar-refractivity contribution is -0.150. The van der Waals surface area contributed by atoms with Crippen LogP contribution in [-0.4, -0.2) is 22.6 Å². The maximum Gasteiger partial charge on any atom is 0.319 e. The summed E-state index contributed by atoms with van der Waals surface area (Å²) in [5.74, 6) is -0.965. The highest BCUT2D eigenvalue weighted by molar-refractivity contribution is 9.10.